The number of benzene rings is 1. The number of ether oxygens (including phenoxy) is 1. The largest absolute Gasteiger partial charge is 0.491 e. The average Bonchev–Trinajstić information content (AvgIpc) is 3.24. The van der Waals surface area contributed by atoms with E-state index in [0.717, 1.165) is 23.3 Å². The van der Waals surface area contributed by atoms with Gasteiger partial charge in [0.2, 0.25) is 0 Å². The second kappa shape index (κ2) is 10.9. The summed E-state index contributed by atoms with van der Waals surface area (Å²) in [6, 6.07) is 7.07. The Balaban J connectivity index is 1.47. The fourth-order valence-corrected chi connectivity index (χ4v) is 7.73. The summed E-state index contributed by atoms with van der Waals surface area (Å²) in [5, 5.41) is 3.97. The summed E-state index contributed by atoms with van der Waals surface area (Å²) >= 11 is 0. The number of fused-ring (bicyclic) bond motifs is 1. The second-order valence-electron chi connectivity index (χ2n) is 11.0. The molecule has 0 radical (unpaired) electrons. The normalized spacial score (nSPS) is 21.7. The number of sulfone groups is 1. The van der Waals surface area contributed by atoms with Crippen LogP contribution in [0.5, 0.6) is 5.75 Å². The van der Waals surface area contributed by atoms with E-state index in [1.807, 2.05) is 13.0 Å². The Labute approximate surface area is 232 Å². The first-order valence-electron chi connectivity index (χ1n) is 13.3. The zero-order chi connectivity index (χ0) is 28.8. The molecule has 4 atom stereocenters. The molecule has 4 aromatic rings. The van der Waals surface area contributed by atoms with Crippen LogP contribution in [0.1, 0.15) is 56.5 Å². The Morgan fingerprint density at radius 1 is 1.12 bits per heavy atom. The van der Waals surface area contributed by atoms with E-state index in [0.29, 0.717) is 30.6 Å². The Kier molecular flexibility index (Phi) is 7.62. The van der Waals surface area contributed by atoms with E-state index < -0.39 is 32.8 Å². The van der Waals surface area contributed by atoms with Gasteiger partial charge in [-0.3, -0.25) is 4.98 Å². The van der Waals surface area contributed by atoms with Crippen molar-refractivity contribution < 1.29 is 21.9 Å². The van der Waals surface area contributed by atoms with Gasteiger partial charge >= 0.3 is 0 Å². The molecule has 5 rings (SSSR count). The number of nitrogens with zero attached hydrogens (tertiary/aromatic N) is 4. The van der Waals surface area contributed by atoms with Crippen LogP contribution in [-0.2, 0) is 16.3 Å². The van der Waals surface area contributed by atoms with E-state index in [9.17, 15) is 8.42 Å². The van der Waals surface area contributed by atoms with Crippen LogP contribution in [0.3, 0.4) is 0 Å². The van der Waals surface area contributed by atoms with Gasteiger partial charge in [0.1, 0.15) is 23.2 Å². The first-order valence-corrected chi connectivity index (χ1v) is 15.2. The maximum absolute atomic E-state index is 15.0. The number of halogens is 2. The highest BCUT2D eigenvalue weighted by atomic mass is 32.2. The van der Waals surface area contributed by atoms with Gasteiger partial charge in [0.05, 0.1) is 34.3 Å². The third kappa shape index (κ3) is 5.57. The highest BCUT2D eigenvalue weighted by molar-refractivity contribution is 7.91. The minimum Gasteiger partial charge on any atom is -0.491 e. The van der Waals surface area contributed by atoms with Gasteiger partial charge in [0, 0.05) is 43.2 Å². The molecule has 0 spiro atoms. The maximum Gasteiger partial charge on any atom is 0.152 e. The molecular formula is C29H33F2N5O3S. The first kappa shape index (κ1) is 28.1. The van der Waals surface area contributed by atoms with Crippen molar-refractivity contribution >= 4 is 15.4 Å². The van der Waals surface area contributed by atoms with Crippen molar-refractivity contribution in [3.05, 3.63) is 77.5 Å². The minimum absolute atomic E-state index is 0.0607. The van der Waals surface area contributed by atoms with Crippen molar-refractivity contribution in [3.8, 4) is 17.0 Å². The van der Waals surface area contributed by atoms with E-state index in [-0.39, 0.29) is 34.9 Å². The molecule has 1 fully saturated rings. The summed E-state index contributed by atoms with van der Waals surface area (Å²) in [5.74, 6) is -0.882. The lowest BCUT2D eigenvalue weighted by atomic mass is 9.75. The molecule has 0 aliphatic heterocycles. The second-order valence-corrected chi connectivity index (χ2v) is 13.2. The van der Waals surface area contributed by atoms with Crippen molar-refractivity contribution in [2.45, 2.75) is 63.3 Å². The van der Waals surface area contributed by atoms with E-state index in [1.54, 1.807) is 49.1 Å². The Hall–Kier alpha value is -3.44. The zero-order valence-corrected chi connectivity index (χ0v) is 23.7. The average molecular weight is 570 g/mol. The van der Waals surface area contributed by atoms with Gasteiger partial charge < -0.3 is 10.5 Å². The molecule has 212 valence electrons. The topological polar surface area (TPSA) is 112 Å². The molecule has 0 saturated heterocycles. The fraction of sp³-hybridized carbons (Fsp3) is 0.414. The van der Waals surface area contributed by atoms with Gasteiger partial charge in [-0.25, -0.2) is 26.7 Å². The van der Waals surface area contributed by atoms with E-state index in [1.165, 1.54) is 6.26 Å². The molecule has 1 saturated carbocycles. The molecule has 2 N–H and O–H groups in total. The molecule has 3 heterocycles. The fourth-order valence-electron chi connectivity index (χ4n) is 6.03. The van der Waals surface area contributed by atoms with Crippen molar-refractivity contribution in [2.75, 3.05) is 6.26 Å². The number of aromatic nitrogens is 4. The number of nitrogens with two attached hydrogens (primary N) is 1. The monoisotopic (exact) mass is 569 g/mol. The summed E-state index contributed by atoms with van der Waals surface area (Å²) in [6.45, 7) is 5.50. The van der Waals surface area contributed by atoms with E-state index in [2.05, 4.69) is 15.1 Å². The van der Waals surface area contributed by atoms with Gasteiger partial charge in [-0.1, -0.05) is 6.92 Å². The Morgan fingerprint density at radius 3 is 2.50 bits per heavy atom. The van der Waals surface area contributed by atoms with Crippen molar-refractivity contribution in [2.24, 2.45) is 11.7 Å². The first-order chi connectivity index (χ1) is 18.9. The molecule has 40 heavy (non-hydrogen) atoms. The molecule has 11 heteroatoms. The zero-order valence-electron chi connectivity index (χ0n) is 22.9. The van der Waals surface area contributed by atoms with E-state index in [4.69, 9.17) is 10.5 Å². The van der Waals surface area contributed by atoms with Crippen LogP contribution >= 0.6 is 0 Å². The highest BCUT2D eigenvalue weighted by Gasteiger charge is 2.40. The van der Waals surface area contributed by atoms with Crippen molar-refractivity contribution in [3.63, 3.8) is 0 Å². The predicted molar refractivity (Wildman–Crippen MR) is 149 cm³/mol. The molecule has 0 bridgehead atoms. The van der Waals surface area contributed by atoms with Gasteiger partial charge in [-0.2, -0.15) is 5.10 Å². The lowest BCUT2D eigenvalue weighted by Crippen LogP contribution is -2.48. The summed E-state index contributed by atoms with van der Waals surface area (Å²) in [5.41, 5.74) is 8.89. The lowest BCUT2D eigenvalue weighted by Gasteiger charge is -2.38. The summed E-state index contributed by atoms with van der Waals surface area (Å²) in [7, 11) is -3.27. The van der Waals surface area contributed by atoms with Crippen LogP contribution in [-0.4, -0.2) is 51.7 Å². The molecule has 0 amide bonds. The summed E-state index contributed by atoms with van der Waals surface area (Å²) in [4.78, 5) is 8.85. The van der Waals surface area contributed by atoms with Crippen LogP contribution in [0.25, 0.3) is 16.8 Å². The third-order valence-corrected chi connectivity index (χ3v) is 9.32. The number of imidazole rings is 1. The molecule has 3 aromatic heterocycles. The third-order valence-electron chi connectivity index (χ3n) is 7.52. The van der Waals surface area contributed by atoms with Crippen LogP contribution < -0.4 is 10.5 Å². The van der Waals surface area contributed by atoms with Gasteiger partial charge in [0.15, 0.2) is 9.84 Å². The van der Waals surface area contributed by atoms with Crippen molar-refractivity contribution in [1.29, 1.82) is 0 Å². The SMILES string of the molecule is CC(C)Oc1cc(F)c(-c2ccc3cnc(Cc4cnccc4[C@H]4C[C@@H](N)[C@@H](S(C)(=O)=O)[C@@H](C)C4)n3n2)c(F)c1. The number of hydrogen-bond acceptors (Lipinski definition) is 7. The number of hydrogen-bond donors (Lipinski definition) is 1. The number of pyridine rings is 1. The van der Waals surface area contributed by atoms with Crippen LogP contribution in [0.15, 0.2) is 48.9 Å². The van der Waals surface area contributed by atoms with Gasteiger partial charge in [0.25, 0.3) is 0 Å². The van der Waals surface area contributed by atoms with Crippen LogP contribution in [0.4, 0.5) is 8.78 Å². The minimum atomic E-state index is -3.27. The van der Waals surface area contributed by atoms with Gasteiger partial charge in [-0.05, 0) is 67.9 Å². The standard InChI is InChI=1S/C29H33F2N5O3S/c1-16(2)39-21-12-23(30)28(24(31)13-21)26-6-5-20-15-34-27(36(20)35-26)11-19-14-33-8-7-22(19)18-9-17(3)29(25(32)10-18)40(4,37)38/h5-8,12-18,25,29H,9-11,32H2,1-4H3/t17-,18+,25+,29-/m0/s1. The lowest BCUT2D eigenvalue weighted by molar-refractivity contribution is 0.240. The van der Waals surface area contributed by atoms with Gasteiger partial charge in [-0.15, -0.1) is 0 Å². The Bertz CT molecular complexity index is 1620. The van der Waals surface area contributed by atoms with Crippen LogP contribution in [0, 0.1) is 17.6 Å². The van der Waals surface area contributed by atoms with Crippen LogP contribution in [0.2, 0.25) is 0 Å². The smallest absolute Gasteiger partial charge is 0.152 e. The quantitative estimate of drug-likeness (QED) is 0.343. The predicted octanol–water partition coefficient (Wildman–Crippen LogP) is 4.70. The molecule has 1 aromatic carbocycles. The molecule has 1 aliphatic rings. The Morgan fingerprint density at radius 2 is 1.85 bits per heavy atom. The summed E-state index contributed by atoms with van der Waals surface area (Å²) in [6.07, 6.45) is 7.77. The van der Waals surface area contributed by atoms with E-state index >= 15 is 8.78 Å². The molecule has 8 nitrogen and oxygen atoms in total. The molecule has 0 unspecified atom stereocenters. The van der Waals surface area contributed by atoms with Crippen molar-refractivity contribution in [1.82, 2.24) is 19.6 Å². The number of rotatable bonds is 7. The molecule has 1 aliphatic carbocycles. The summed E-state index contributed by atoms with van der Waals surface area (Å²) < 4.78 is 61.7. The maximum atomic E-state index is 15.0. The highest BCUT2D eigenvalue weighted by Crippen LogP contribution is 2.39. The molecular weight excluding hydrogens is 536 g/mol.